The summed E-state index contributed by atoms with van der Waals surface area (Å²) in [6.07, 6.45) is 0. The zero-order chi connectivity index (χ0) is 12.4. The summed E-state index contributed by atoms with van der Waals surface area (Å²) in [5.74, 6) is -0.892. The Morgan fingerprint density at radius 1 is 1.06 bits per heavy atom. The standard InChI is InChI=1S/C14H11IO2/c1-9-2-4-10(5-3-9)11-6-12(14(16)17)8-13(15)7-11/h2-8H,1H3,(H,16,17). The van der Waals surface area contributed by atoms with E-state index in [0.29, 0.717) is 5.56 Å². The second-order valence-corrected chi connectivity index (χ2v) is 5.15. The Hall–Kier alpha value is -1.36. The molecule has 2 nitrogen and oxygen atoms in total. The van der Waals surface area contributed by atoms with Gasteiger partial charge in [0.25, 0.3) is 0 Å². The second-order valence-electron chi connectivity index (χ2n) is 3.90. The Bertz CT molecular complexity index is 559. The van der Waals surface area contributed by atoms with Gasteiger partial charge < -0.3 is 5.11 Å². The predicted molar refractivity (Wildman–Crippen MR) is 76.3 cm³/mol. The van der Waals surface area contributed by atoms with Crippen molar-refractivity contribution >= 4 is 28.6 Å². The zero-order valence-electron chi connectivity index (χ0n) is 9.27. The summed E-state index contributed by atoms with van der Waals surface area (Å²) < 4.78 is 0.929. The smallest absolute Gasteiger partial charge is 0.335 e. The first-order valence-corrected chi connectivity index (χ1v) is 6.25. The molecule has 0 radical (unpaired) electrons. The van der Waals surface area contributed by atoms with Gasteiger partial charge in [0.1, 0.15) is 0 Å². The van der Waals surface area contributed by atoms with Crippen LogP contribution in [0.4, 0.5) is 0 Å². The topological polar surface area (TPSA) is 37.3 Å². The van der Waals surface area contributed by atoms with Gasteiger partial charge in [0.15, 0.2) is 0 Å². The summed E-state index contributed by atoms with van der Waals surface area (Å²) in [7, 11) is 0. The van der Waals surface area contributed by atoms with Crippen LogP contribution in [0.5, 0.6) is 0 Å². The summed E-state index contributed by atoms with van der Waals surface area (Å²) in [4.78, 5) is 11.0. The lowest BCUT2D eigenvalue weighted by atomic mass is 10.0. The normalized spacial score (nSPS) is 10.2. The van der Waals surface area contributed by atoms with Crippen molar-refractivity contribution in [2.24, 2.45) is 0 Å². The third-order valence-corrected chi connectivity index (χ3v) is 3.15. The average molecular weight is 338 g/mol. The fourth-order valence-electron chi connectivity index (χ4n) is 1.63. The fraction of sp³-hybridized carbons (Fsp3) is 0.0714. The van der Waals surface area contributed by atoms with Crippen molar-refractivity contribution in [3.05, 3.63) is 57.2 Å². The van der Waals surface area contributed by atoms with Crippen molar-refractivity contribution in [2.45, 2.75) is 6.92 Å². The van der Waals surface area contributed by atoms with Crippen molar-refractivity contribution in [1.82, 2.24) is 0 Å². The van der Waals surface area contributed by atoms with Crippen molar-refractivity contribution in [3.63, 3.8) is 0 Å². The minimum Gasteiger partial charge on any atom is -0.478 e. The number of rotatable bonds is 2. The van der Waals surface area contributed by atoms with Gasteiger partial charge in [0.05, 0.1) is 5.56 Å². The van der Waals surface area contributed by atoms with Crippen LogP contribution in [-0.4, -0.2) is 11.1 Å². The van der Waals surface area contributed by atoms with E-state index in [-0.39, 0.29) is 0 Å². The maximum Gasteiger partial charge on any atom is 0.335 e. The van der Waals surface area contributed by atoms with E-state index in [4.69, 9.17) is 5.11 Å². The Balaban J connectivity index is 2.51. The molecule has 0 aliphatic heterocycles. The van der Waals surface area contributed by atoms with Crippen molar-refractivity contribution in [1.29, 1.82) is 0 Å². The molecule has 0 aliphatic carbocycles. The van der Waals surface area contributed by atoms with Gasteiger partial charge >= 0.3 is 5.97 Å². The van der Waals surface area contributed by atoms with Crippen LogP contribution in [0.15, 0.2) is 42.5 Å². The van der Waals surface area contributed by atoms with E-state index in [2.05, 4.69) is 22.6 Å². The zero-order valence-corrected chi connectivity index (χ0v) is 11.4. The number of aromatic carboxylic acids is 1. The van der Waals surface area contributed by atoms with Crippen LogP contribution in [0.2, 0.25) is 0 Å². The summed E-state index contributed by atoms with van der Waals surface area (Å²) in [5.41, 5.74) is 3.50. The number of hydrogen-bond donors (Lipinski definition) is 1. The van der Waals surface area contributed by atoms with E-state index in [1.54, 1.807) is 12.1 Å². The minimum absolute atomic E-state index is 0.326. The Morgan fingerprint density at radius 3 is 2.29 bits per heavy atom. The molecule has 0 saturated carbocycles. The summed E-state index contributed by atoms with van der Waals surface area (Å²) >= 11 is 2.13. The number of benzene rings is 2. The van der Waals surface area contributed by atoms with E-state index < -0.39 is 5.97 Å². The number of carboxylic acids is 1. The van der Waals surface area contributed by atoms with Crippen molar-refractivity contribution in [3.8, 4) is 11.1 Å². The average Bonchev–Trinajstić information content (AvgIpc) is 2.29. The number of carboxylic acid groups (broad SMARTS) is 1. The van der Waals surface area contributed by atoms with E-state index in [1.807, 2.05) is 37.3 Å². The lowest BCUT2D eigenvalue weighted by Gasteiger charge is -2.05. The van der Waals surface area contributed by atoms with Crippen molar-refractivity contribution in [2.75, 3.05) is 0 Å². The molecule has 0 amide bonds. The molecule has 0 spiro atoms. The Kier molecular flexibility index (Phi) is 3.47. The van der Waals surface area contributed by atoms with Gasteiger partial charge in [0, 0.05) is 3.57 Å². The molecule has 0 fully saturated rings. The summed E-state index contributed by atoms with van der Waals surface area (Å²) in [6, 6.07) is 13.4. The van der Waals surface area contributed by atoms with Crippen LogP contribution >= 0.6 is 22.6 Å². The highest BCUT2D eigenvalue weighted by molar-refractivity contribution is 14.1. The third kappa shape index (κ3) is 2.85. The minimum atomic E-state index is -0.892. The highest BCUT2D eigenvalue weighted by atomic mass is 127. The van der Waals surface area contributed by atoms with Crippen LogP contribution < -0.4 is 0 Å². The molecule has 0 bridgehead atoms. The van der Waals surface area contributed by atoms with Crippen LogP contribution in [0.25, 0.3) is 11.1 Å². The molecule has 0 aliphatic rings. The van der Waals surface area contributed by atoms with Crippen LogP contribution in [0.1, 0.15) is 15.9 Å². The van der Waals surface area contributed by atoms with Gasteiger partial charge in [-0.25, -0.2) is 4.79 Å². The molecule has 2 rings (SSSR count). The SMILES string of the molecule is Cc1ccc(-c2cc(I)cc(C(=O)O)c2)cc1. The first-order valence-electron chi connectivity index (χ1n) is 5.17. The van der Waals surface area contributed by atoms with Crippen LogP contribution in [-0.2, 0) is 0 Å². The maximum atomic E-state index is 11.0. The van der Waals surface area contributed by atoms with E-state index in [0.717, 1.165) is 14.7 Å². The molecule has 0 saturated heterocycles. The molecule has 1 N–H and O–H groups in total. The molecule has 17 heavy (non-hydrogen) atoms. The largest absolute Gasteiger partial charge is 0.478 e. The van der Waals surface area contributed by atoms with E-state index in [9.17, 15) is 4.79 Å². The molecule has 86 valence electrons. The number of halogens is 1. The van der Waals surface area contributed by atoms with Crippen LogP contribution in [0.3, 0.4) is 0 Å². The summed E-state index contributed by atoms with van der Waals surface area (Å²) in [6.45, 7) is 2.03. The van der Waals surface area contributed by atoms with Gasteiger partial charge in [-0.1, -0.05) is 29.8 Å². The lowest BCUT2D eigenvalue weighted by molar-refractivity contribution is 0.0697. The predicted octanol–water partition coefficient (Wildman–Crippen LogP) is 3.96. The van der Waals surface area contributed by atoms with Gasteiger partial charge in [0.2, 0.25) is 0 Å². The molecular formula is C14H11IO2. The molecule has 2 aromatic carbocycles. The van der Waals surface area contributed by atoms with Gasteiger partial charge in [-0.2, -0.15) is 0 Å². The molecule has 0 aromatic heterocycles. The van der Waals surface area contributed by atoms with Gasteiger partial charge in [-0.05, 0) is 58.8 Å². The van der Waals surface area contributed by atoms with E-state index in [1.165, 1.54) is 5.56 Å². The molecular weight excluding hydrogens is 327 g/mol. The monoisotopic (exact) mass is 338 g/mol. The van der Waals surface area contributed by atoms with Gasteiger partial charge in [-0.3, -0.25) is 0 Å². The fourth-order valence-corrected chi connectivity index (χ4v) is 2.30. The number of hydrogen-bond acceptors (Lipinski definition) is 1. The highest BCUT2D eigenvalue weighted by Crippen LogP contribution is 2.23. The lowest BCUT2D eigenvalue weighted by Crippen LogP contribution is -1.97. The van der Waals surface area contributed by atoms with Crippen LogP contribution in [0, 0.1) is 10.5 Å². The Morgan fingerprint density at radius 2 is 1.71 bits per heavy atom. The van der Waals surface area contributed by atoms with Crippen molar-refractivity contribution < 1.29 is 9.90 Å². The molecule has 2 aromatic rings. The molecule has 0 unspecified atom stereocenters. The first kappa shape index (κ1) is 12.1. The Labute approximate surface area is 113 Å². The third-order valence-electron chi connectivity index (χ3n) is 2.53. The molecule has 3 heteroatoms. The van der Waals surface area contributed by atoms with Gasteiger partial charge in [-0.15, -0.1) is 0 Å². The highest BCUT2D eigenvalue weighted by Gasteiger charge is 2.07. The molecule has 0 heterocycles. The number of carbonyl (C=O) groups is 1. The quantitative estimate of drug-likeness (QED) is 0.842. The second kappa shape index (κ2) is 4.87. The number of aryl methyl sites for hydroxylation is 1. The molecule has 0 atom stereocenters. The first-order chi connectivity index (χ1) is 8.06. The summed E-state index contributed by atoms with van der Waals surface area (Å²) in [5, 5.41) is 9.02. The maximum absolute atomic E-state index is 11.0. The van der Waals surface area contributed by atoms with E-state index >= 15 is 0 Å².